The van der Waals surface area contributed by atoms with Crippen LogP contribution < -0.4 is 0 Å². The minimum Gasteiger partial charge on any atom is -0.204 e. The lowest BCUT2D eigenvalue weighted by Crippen LogP contribution is -1.92. The first-order valence-corrected chi connectivity index (χ1v) is 2.49. The molecule has 5 heteroatoms. The highest BCUT2D eigenvalue weighted by molar-refractivity contribution is 6.30. The van der Waals surface area contributed by atoms with E-state index in [4.69, 9.17) is 22.1 Å². The van der Waals surface area contributed by atoms with Gasteiger partial charge in [-0.2, -0.15) is 10.5 Å². The van der Waals surface area contributed by atoms with E-state index in [9.17, 15) is 8.78 Å². The molecule has 0 radical (unpaired) electrons. The fourth-order valence-electron chi connectivity index (χ4n) is 0.241. The summed E-state index contributed by atoms with van der Waals surface area (Å²) in [7, 11) is 0. The zero-order valence-corrected chi connectivity index (χ0v) is 5.36. The van der Waals surface area contributed by atoms with Crippen LogP contribution in [0.25, 0.3) is 0 Å². The van der Waals surface area contributed by atoms with Crippen molar-refractivity contribution in [3.8, 4) is 12.1 Å². The fourth-order valence-corrected chi connectivity index (χ4v) is 0.325. The number of hydrogen-bond acceptors (Lipinski definition) is 2. The van der Waals surface area contributed by atoms with E-state index in [1.54, 1.807) is 0 Å². The van der Waals surface area contributed by atoms with Crippen molar-refractivity contribution >= 4 is 11.6 Å². The largest absolute Gasteiger partial charge is 0.276 e. The monoisotopic (exact) mass is 162 g/mol. The van der Waals surface area contributed by atoms with Gasteiger partial charge in [0.25, 0.3) is 6.43 Å². The molecule has 52 valence electrons. The second kappa shape index (κ2) is 3.81. The maximum Gasteiger partial charge on any atom is 0.276 e. The van der Waals surface area contributed by atoms with Gasteiger partial charge in [-0.1, -0.05) is 11.6 Å². The average Bonchev–Trinajstić information content (AvgIpc) is 1.90. The summed E-state index contributed by atoms with van der Waals surface area (Å²) in [4.78, 5) is 0. The van der Waals surface area contributed by atoms with Crippen LogP contribution in [0.5, 0.6) is 0 Å². The zero-order valence-electron chi connectivity index (χ0n) is 4.61. The standard InChI is InChI=1S/C5HClF2N2/c6-4(5(7)8)3(1-9)2-10/h5H. The second-order valence-electron chi connectivity index (χ2n) is 1.25. The molecule has 10 heavy (non-hydrogen) atoms. The Morgan fingerprint density at radius 2 is 1.70 bits per heavy atom. The number of nitrogens with zero attached hydrogens (tertiary/aromatic N) is 2. The quantitative estimate of drug-likeness (QED) is 0.552. The molecule has 2 nitrogen and oxygen atoms in total. The Hall–Kier alpha value is -1.13. The number of nitriles is 2. The van der Waals surface area contributed by atoms with Crippen LogP contribution in [0.3, 0.4) is 0 Å². The highest BCUT2D eigenvalue weighted by Gasteiger charge is 2.13. The second-order valence-corrected chi connectivity index (χ2v) is 1.65. The van der Waals surface area contributed by atoms with Crippen molar-refractivity contribution in [1.82, 2.24) is 0 Å². The number of rotatable bonds is 1. The molecule has 0 atom stereocenters. The van der Waals surface area contributed by atoms with Gasteiger partial charge in [0.05, 0.1) is 0 Å². The summed E-state index contributed by atoms with van der Waals surface area (Å²) in [6, 6.07) is 2.48. The van der Waals surface area contributed by atoms with Crippen molar-refractivity contribution in [2.45, 2.75) is 6.43 Å². The van der Waals surface area contributed by atoms with Crippen molar-refractivity contribution in [2.75, 3.05) is 0 Å². The third-order valence-corrected chi connectivity index (χ3v) is 1.01. The van der Waals surface area contributed by atoms with Crippen molar-refractivity contribution < 1.29 is 8.78 Å². The van der Waals surface area contributed by atoms with E-state index >= 15 is 0 Å². The first kappa shape index (κ1) is 8.87. The summed E-state index contributed by atoms with van der Waals surface area (Å²) in [5.41, 5.74) is -0.739. The van der Waals surface area contributed by atoms with Crippen molar-refractivity contribution in [3.05, 3.63) is 10.6 Å². The first-order valence-electron chi connectivity index (χ1n) is 2.11. The number of halogens is 3. The SMILES string of the molecule is N#CC(C#N)=C(Cl)C(F)F. The predicted octanol–water partition coefficient (Wildman–Crippen LogP) is 1.79. The first-order chi connectivity index (χ1) is 4.63. The molecule has 0 aromatic heterocycles. The average molecular weight is 163 g/mol. The van der Waals surface area contributed by atoms with Crippen LogP contribution >= 0.6 is 11.6 Å². The van der Waals surface area contributed by atoms with Gasteiger partial charge in [0.2, 0.25) is 0 Å². The molecule has 0 N–H and O–H groups in total. The summed E-state index contributed by atoms with van der Waals surface area (Å²) in [6.45, 7) is 0. The molecule has 0 aromatic carbocycles. The molecule has 0 aliphatic rings. The van der Waals surface area contributed by atoms with Crippen LogP contribution in [0, 0.1) is 22.7 Å². The van der Waals surface area contributed by atoms with Crippen LogP contribution in [0.15, 0.2) is 10.6 Å². The smallest absolute Gasteiger partial charge is 0.204 e. The van der Waals surface area contributed by atoms with Gasteiger partial charge in [-0.15, -0.1) is 0 Å². The maximum absolute atomic E-state index is 11.6. The summed E-state index contributed by atoms with van der Waals surface area (Å²) in [5, 5.41) is 15.0. The van der Waals surface area contributed by atoms with Gasteiger partial charge in [0.15, 0.2) is 0 Å². The van der Waals surface area contributed by atoms with Crippen LogP contribution in [0.4, 0.5) is 8.78 Å². The van der Waals surface area contributed by atoms with E-state index in [2.05, 4.69) is 0 Å². The van der Waals surface area contributed by atoms with Gasteiger partial charge < -0.3 is 0 Å². The number of alkyl halides is 2. The predicted molar refractivity (Wildman–Crippen MR) is 30.1 cm³/mol. The normalized spacial score (nSPS) is 8.20. The number of hydrogen-bond donors (Lipinski definition) is 0. The Bertz CT molecular complexity index is 217. The molecule has 0 saturated carbocycles. The van der Waals surface area contributed by atoms with E-state index in [1.807, 2.05) is 0 Å². The molecule has 0 spiro atoms. The molecule has 0 unspecified atom stereocenters. The summed E-state index contributed by atoms with van der Waals surface area (Å²) < 4.78 is 23.1. The zero-order chi connectivity index (χ0) is 8.15. The van der Waals surface area contributed by atoms with E-state index in [0.717, 1.165) is 0 Å². The summed E-state index contributed by atoms with van der Waals surface area (Å²) >= 11 is 4.87. The molecular weight excluding hydrogens is 162 g/mol. The van der Waals surface area contributed by atoms with E-state index < -0.39 is 17.0 Å². The lowest BCUT2D eigenvalue weighted by atomic mass is 10.3. The molecule has 0 aliphatic carbocycles. The molecule has 0 aromatic rings. The maximum atomic E-state index is 11.6. The third-order valence-electron chi connectivity index (χ3n) is 0.654. The Morgan fingerprint density at radius 3 is 1.80 bits per heavy atom. The van der Waals surface area contributed by atoms with Gasteiger partial charge in [-0.05, 0) is 0 Å². The lowest BCUT2D eigenvalue weighted by Gasteiger charge is -1.92. The Morgan fingerprint density at radius 1 is 1.30 bits per heavy atom. The Balaban J connectivity index is 4.70. The summed E-state index contributed by atoms with van der Waals surface area (Å²) in [6.07, 6.45) is -2.95. The molecular formula is C5HClF2N2. The molecule has 0 saturated heterocycles. The highest BCUT2D eigenvalue weighted by atomic mass is 35.5. The third kappa shape index (κ3) is 2.00. The van der Waals surface area contributed by atoms with Crippen LogP contribution in [-0.2, 0) is 0 Å². The minimum atomic E-state index is -2.95. The molecule has 0 rings (SSSR count). The van der Waals surface area contributed by atoms with E-state index in [-0.39, 0.29) is 0 Å². The fraction of sp³-hybridized carbons (Fsp3) is 0.200. The minimum absolute atomic E-state index is 0.739. The van der Waals surface area contributed by atoms with Gasteiger partial charge in [-0.3, -0.25) is 0 Å². The summed E-state index contributed by atoms with van der Waals surface area (Å²) in [5.74, 6) is 0. The van der Waals surface area contributed by atoms with Gasteiger partial charge >= 0.3 is 0 Å². The molecule has 0 bridgehead atoms. The van der Waals surface area contributed by atoms with Crippen molar-refractivity contribution in [3.63, 3.8) is 0 Å². The molecule has 0 aliphatic heterocycles. The molecule has 0 amide bonds. The van der Waals surface area contributed by atoms with Gasteiger partial charge in [0.1, 0.15) is 22.7 Å². The Labute approximate surface area is 60.9 Å². The molecule has 0 heterocycles. The van der Waals surface area contributed by atoms with E-state index in [1.165, 1.54) is 12.1 Å². The highest BCUT2D eigenvalue weighted by Crippen LogP contribution is 2.16. The van der Waals surface area contributed by atoms with Crippen LogP contribution in [0.1, 0.15) is 0 Å². The Kier molecular flexibility index (Phi) is 3.38. The van der Waals surface area contributed by atoms with Gasteiger partial charge in [-0.25, -0.2) is 8.78 Å². The van der Waals surface area contributed by atoms with Crippen molar-refractivity contribution in [2.24, 2.45) is 0 Å². The van der Waals surface area contributed by atoms with E-state index in [0.29, 0.717) is 0 Å². The van der Waals surface area contributed by atoms with Crippen LogP contribution in [0.2, 0.25) is 0 Å². The molecule has 0 fully saturated rings. The van der Waals surface area contributed by atoms with Gasteiger partial charge in [0, 0.05) is 0 Å². The lowest BCUT2D eigenvalue weighted by molar-refractivity contribution is 0.198. The number of allylic oxidation sites excluding steroid dienone is 2. The van der Waals surface area contributed by atoms with Crippen molar-refractivity contribution in [1.29, 1.82) is 10.5 Å². The topological polar surface area (TPSA) is 47.6 Å². The van der Waals surface area contributed by atoms with Crippen LogP contribution in [-0.4, -0.2) is 6.43 Å².